The fourth-order valence-electron chi connectivity index (χ4n) is 4.16. The molecule has 30 heavy (non-hydrogen) atoms. The molecule has 3 heterocycles. The van der Waals surface area contributed by atoms with Crippen LogP contribution in [0.25, 0.3) is 16.7 Å². The largest absolute Gasteiger partial charge is 0.461 e. The summed E-state index contributed by atoms with van der Waals surface area (Å²) in [6.45, 7) is 0. The fraction of sp³-hybridized carbons (Fsp3) is 0.292. The first-order valence-electron chi connectivity index (χ1n) is 10.4. The molecule has 0 N–H and O–H groups in total. The zero-order valence-electron chi connectivity index (χ0n) is 16.6. The number of hydrogen-bond acceptors (Lipinski definition) is 4. The molecule has 1 aromatic carbocycles. The van der Waals surface area contributed by atoms with Crippen molar-refractivity contribution in [1.29, 1.82) is 0 Å². The molecule has 0 aliphatic heterocycles. The smallest absolute Gasteiger partial charge is 0.352 e. The van der Waals surface area contributed by atoms with Crippen LogP contribution in [-0.2, 0) is 25.7 Å². The van der Waals surface area contributed by atoms with Crippen LogP contribution in [0.2, 0.25) is 5.02 Å². The van der Waals surface area contributed by atoms with E-state index in [2.05, 4.69) is 16.0 Å². The molecule has 152 valence electrons. The molecule has 6 heteroatoms. The van der Waals surface area contributed by atoms with Gasteiger partial charge >= 0.3 is 5.69 Å². The number of furan rings is 1. The van der Waals surface area contributed by atoms with E-state index in [0.717, 1.165) is 41.3 Å². The molecule has 0 unspecified atom stereocenters. The Balaban J connectivity index is 1.39. The Morgan fingerprint density at radius 1 is 1.00 bits per heavy atom. The number of nitrogens with zero attached hydrogens (tertiary/aromatic N) is 3. The average Bonchev–Trinajstić information content (AvgIpc) is 2.93. The molecule has 0 saturated carbocycles. The van der Waals surface area contributed by atoms with E-state index in [4.69, 9.17) is 16.0 Å². The monoisotopic (exact) mass is 419 g/mol. The minimum absolute atomic E-state index is 0.288. The van der Waals surface area contributed by atoms with Crippen LogP contribution >= 0.6 is 11.6 Å². The summed E-state index contributed by atoms with van der Waals surface area (Å²) in [5.74, 6) is 1.11. The molecule has 0 fully saturated rings. The minimum Gasteiger partial charge on any atom is -0.461 e. The van der Waals surface area contributed by atoms with Crippen molar-refractivity contribution in [3.05, 3.63) is 87.0 Å². The van der Waals surface area contributed by atoms with Crippen LogP contribution in [0.4, 0.5) is 0 Å². The van der Waals surface area contributed by atoms with Crippen molar-refractivity contribution < 1.29 is 4.42 Å². The van der Waals surface area contributed by atoms with E-state index in [1.807, 2.05) is 30.3 Å². The summed E-state index contributed by atoms with van der Waals surface area (Å²) in [4.78, 5) is 21.2. The maximum Gasteiger partial charge on any atom is 0.352 e. The molecule has 0 atom stereocenters. The van der Waals surface area contributed by atoms with Gasteiger partial charge in [0.15, 0.2) is 0 Å². The van der Waals surface area contributed by atoms with Gasteiger partial charge < -0.3 is 4.42 Å². The van der Waals surface area contributed by atoms with Crippen LogP contribution in [0.15, 0.2) is 58.0 Å². The van der Waals surface area contributed by atoms with E-state index in [-0.39, 0.29) is 5.69 Å². The highest BCUT2D eigenvalue weighted by molar-refractivity contribution is 6.30. The summed E-state index contributed by atoms with van der Waals surface area (Å²) >= 11 is 5.87. The first-order chi connectivity index (χ1) is 14.7. The van der Waals surface area contributed by atoms with Crippen LogP contribution < -0.4 is 5.69 Å². The lowest BCUT2D eigenvalue weighted by atomic mass is 10.1. The van der Waals surface area contributed by atoms with Gasteiger partial charge in [0, 0.05) is 47.2 Å². The van der Waals surface area contributed by atoms with Crippen LogP contribution in [-0.4, -0.2) is 14.5 Å². The number of halogens is 1. The summed E-state index contributed by atoms with van der Waals surface area (Å²) < 4.78 is 7.71. The third-order valence-electron chi connectivity index (χ3n) is 5.76. The molecule has 4 aromatic rings. The van der Waals surface area contributed by atoms with Gasteiger partial charge in [-0.15, -0.1) is 0 Å². The third kappa shape index (κ3) is 3.77. The SMILES string of the molecule is O=c1nc(CCc2ccc(Cl)cn2)ccn1-c1ccc2c3c(oc2c1)CCCCC3. The number of benzene rings is 1. The molecule has 0 saturated heterocycles. The predicted octanol–water partition coefficient (Wildman–Crippen LogP) is 5.08. The standard InChI is InChI=1S/C24H22ClN3O2/c25-16-6-7-17(26-15-16)8-9-18-12-13-28(24(29)27-18)19-10-11-21-20-4-2-1-3-5-22(20)30-23(21)14-19/h6-7,10-15H,1-5,8-9H2. The van der Waals surface area contributed by atoms with Crippen LogP contribution in [0.1, 0.15) is 42.0 Å². The van der Waals surface area contributed by atoms with Crippen molar-refractivity contribution in [2.24, 2.45) is 0 Å². The molecule has 3 aromatic heterocycles. The van der Waals surface area contributed by atoms with Crippen LogP contribution in [0.3, 0.4) is 0 Å². The van der Waals surface area contributed by atoms with E-state index in [1.165, 1.54) is 30.2 Å². The summed E-state index contributed by atoms with van der Waals surface area (Å²) in [5, 5.41) is 1.79. The molecule has 0 radical (unpaired) electrons. The Morgan fingerprint density at radius 3 is 2.70 bits per heavy atom. The van der Waals surface area contributed by atoms with E-state index >= 15 is 0 Å². The van der Waals surface area contributed by atoms with Crippen molar-refractivity contribution in [2.75, 3.05) is 0 Å². The average molecular weight is 420 g/mol. The molecule has 1 aliphatic carbocycles. The van der Waals surface area contributed by atoms with Gasteiger partial charge in [-0.05, 0) is 62.4 Å². The maximum absolute atomic E-state index is 12.7. The number of hydrogen-bond donors (Lipinski definition) is 0. The highest BCUT2D eigenvalue weighted by atomic mass is 35.5. The van der Waals surface area contributed by atoms with E-state index in [1.54, 1.807) is 17.0 Å². The maximum atomic E-state index is 12.7. The van der Waals surface area contributed by atoms with Crippen molar-refractivity contribution in [2.45, 2.75) is 44.9 Å². The second kappa shape index (κ2) is 8.07. The molecule has 0 bridgehead atoms. The van der Waals surface area contributed by atoms with Gasteiger partial charge in [0.1, 0.15) is 11.3 Å². The fourth-order valence-corrected chi connectivity index (χ4v) is 4.28. The van der Waals surface area contributed by atoms with Gasteiger partial charge in [-0.25, -0.2) is 4.79 Å². The lowest BCUT2D eigenvalue weighted by Crippen LogP contribution is -2.22. The van der Waals surface area contributed by atoms with Gasteiger partial charge in [-0.3, -0.25) is 9.55 Å². The van der Waals surface area contributed by atoms with Gasteiger partial charge in [-0.2, -0.15) is 4.98 Å². The highest BCUT2D eigenvalue weighted by Crippen LogP contribution is 2.32. The highest BCUT2D eigenvalue weighted by Gasteiger charge is 2.17. The second-order valence-electron chi connectivity index (χ2n) is 7.78. The molecule has 5 rings (SSSR count). The minimum atomic E-state index is -0.288. The van der Waals surface area contributed by atoms with Crippen molar-refractivity contribution in [3.8, 4) is 5.69 Å². The summed E-state index contributed by atoms with van der Waals surface area (Å²) in [7, 11) is 0. The van der Waals surface area contributed by atoms with Gasteiger partial charge in [-0.1, -0.05) is 18.0 Å². The van der Waals surface area contributed by atoms with Gasteiger partial charge in [0.05, 0.1) is 10.7 Å². The number of aryl methyl sites for hydroxylation is 4. The van der Waals surface area contributed by atoms with Gasteiger partial charge in [0.2, 0.25) is 0 Å². The van der Waals surface area contributed by atoms with Crippen LogP contribution in [0, 0.1) is 0 Å². The molecule has 1 aliphatic rings. The summed E-state index contributed by atoms with van der Waals surface area (Å²) in [5.41, 5.74) is 4.35. The molecular weight excluding hydrogens is 398 g/mol. The Morgan fingerprint density at radius 2 is 1.87 bits per heavy atom. The summed E-state index contributed by atoms with van der Waals surface area (Å²) in [6, 6.07) is 11.6. The zero-order chi connectivity index (χ0) is 20.5. The van der Waals surface area contributed by atoms with E-state index in [0.29, 0.717) is 17.9 Å². The van der Waals surface area contributed by atoms with Gasteiger partial charge in [0.25, 0.3) is 0 Å². The Hall–Kier alpha value is -2.92. The quantitative estimate of drug-likeness (QED) is 0.433. The van der Waals surface area contributed by atoms with E-state index in [9.17, 15) is 4.79 Å². The number of aromatic nitrogens is 3. The van der Waals surface area contributed by atoms with Crippen molar-refractivity contribution >= 4 is 22.6 Å². The second-order valence-corrected chi connectivity index (χ2v) is 8.22. The lowest BCUT2D eigenvalue weighted by molar-refractivity contribution is 0.538. The predicted molar refractivity (Wildman–Crippen MR) is 118 cm³/mol. The summed E-state index contributed by atoms with van der Waals surface area (Å²) in [6.07, 6.45) is 10.5. The zero-order valence-corrected chi connectivity index (χ0v) is 17.4. The normalized spacial score (nSPS) is 13.9. The topological polar surface area (TPSA) is 60.9 Å². The number of fused-ring (bicyclic) bond motifs is 3. The lowest BCUT2D eigenvalue weighted by Gasteiger charge is -2.07. The third-order valence-corrected chi connectivity index (χ3v) is 5.98. The molecular formula is C24H22ClN3O2. The Labute approximate surface area is 179 Å². The van der Waals surface area contributed by atoms with Crippen LogP contribution in [0.5, 0.6) is 0 Å². The first kappa shape index (κ1) is 19.1. The van der Waals surface area contributed by atoms with E-state index < -0.39 is 0 Å². The molecule has 0 amide bonds. The van der Waals surface area contributed by atoms with Crippen molar-refractivity contribution in [1.82, 2.24) is 14.5 Å². The molecule has 0 spiro atoms. The number of pyridine rings is 1. The Kier molecular flexibility index (Phi) is 5.13. The number of rotatable bonds is 4. The Bertz CT molecular complexity index is 1260. The molecule has 5 nitrogen and oxygen atoms in total. The van der Waals surface area contributed by atoms with Crippen molar-refractivity contribution in [3.63, 3.8) is 0 Å². The first-order valence-corrected chi connectivity index (χ1v) is 10.8.